The highest BCUT2D eigenvalue weighted by Crippen LogP contribution is 2.17. The minimum Gasteiger partial charge on any atom is -0.362 e. The summed E-state index contributed by atoms with van der Waals surface area (Å²) in [5, 5.41) is 10.8. The summed E-state index contributed by atoms with van der Waals surface area (Å²) in [6, 6.07) is 1.88. The molecular weight excluding hydrogens is 224 g/mol. The van der Waals surface area contributed by atoms with Crippen LogP contribution in [0, 0.1) is 13.8 Å². The number of ketones is 1. The van der Waals surface area contributed by atoms with Gasteiger partial charge >= 0.3 is 0 Å². The van der Waals surface area contributed by atoms with Gasteiger partial charge in [0.1, 0.15) is 5.03 Å². The van der Waals surface area contributed by atoms with Crippen molar-refractivity contribution in [3.8, 4) is 0 Å². The summed E-state index contributed by atoms with van der Waals surface area (Å²) in [4.78, 5) is 15.0. The van der Waals surface area contributed by atoms with Crippen LogP contribution in [0.15, 0.2) is 17.3 Å². The van der Waals surface area contributed by atoms with Gasteiger partial charge in [0.05, 0.1) is 11.9 Å². The Hall–Kier alpha value is -1.56. The van der Waals surface area contributed by atoms with Crippen molar-refractivity contribution in [3.63, 3.8) is 0 Å². The molecule has 0 aromatic carbocycles. The van der Waals surface area contributed by atoms with E-state index in [1.54, 1.807) is 6.20 Å². The Kier molecular flexibility index (Phi) is 3.09. The molecule has 0 aliphatic heterocycles. The first kappa shape index (κ1) is 10.9. The maximum absolute atomic E-state index is 11.9. The smallest absolute Gasteiger partial charge is 0.174 e. The molecule has 2 aromatic heterocycles. The molecule has 16 heavy (non-hydrogen) atoms. The van der Waals surface area contributed by atoms with Crippen molar-refractivity contribution >= 4 is 17.5 Å². The van der Waals surface area contributed by atoms with Crippen LogP contribution in [0.2, 0.25) is 0 Å². The SMILES string of the molecule is Cc1cc(C(=O)CSc2cn[nH]n2)c(C)[nH]1. The number of hydrogen-bond donors (Lipinski definition) is 2. The van der Waals surface area contributed by atoms with E-state index < -0.39 is 0 Å². The second-order valence-corrected chi connectivity index (χ2v) is 4.51. The van der Waals surface area contributed by atoms with Crippen LogP contribution in [0.4, 0.5) is 0 Å². The molecule has 0 aliphatic rings. The number of nitrogens with zero attached hydrogens (tertiary/aromatic N) is 2. The van der Waals surface area contributed by atoms with Gasteiger partial charge in [-0.1, -0.05) is 11.8 Å². The standard InChI is InChI=1S/C10H12N4OS/c1-6-3-8(7(2)12-6)9(15)5-16-10-4-11-14-13-10/h3-4,12H,5H2,1-2H3,(H,11,13,14). The molecule has 0 spiro atoms. The number of aryl methyl sites for hydroxylation is 2. The van der Waals surface area contributed by atoms with E-state index in [4.69, 9.17) is 0 Å². The monoisotopic (exact) mass is 236 g/mol. The van der Waals surface area contributed by atoms with Crippen LogP contribution in [0.5, 0.6) is 0 Å². The first-order chi connectivity index (χ1) is 7.66. The number of nitrogens with one attached hydrogen (secondary N) is 2. The number of Topliss-reactive ketones (excluding diaryl/α,β-unsaturated/α-hetero) is 1. The third-order valence-electron chi connectivity index (χ3n) is 2.19. The molecule has 0 amide bonds. The zero-order valence-electron chi connectivity index (χ0n) is 9.07. The van der Waals surface area contributed by atoms with Crippen LogP contribution in [0.1, 0.15) is 21.7 Å². The summed E-state index contributed by atoms with van der Waals surface area (Å²) in [5.41, 5.74) is 2.68. The van der Waals surface area contributed by atoms with Crippen molar-refractivity contribution in [1.82, 2.24) is 20.4 Å². The Balaban J connectivity index is 2.01. The summed E-state index contributed by atoms with van der Waals surface area (Å²) in [6.45, 7) is 3.84. The van der Waals surface area contributed by atoms with Crippen molar-refractivity contribution in [2.24, 2.45) is 0 Å². The van der Waals surface area contributed by atoms with Crippen LogP contribution >= 0.6 is 11.8 Å². The van der Waals surface area contributed by atoms with Gasteiger partial charge in [-0.2, -0.15) is 10.3 Å². The predicted octanol–water partition coefficient (Wildman–Crippen LogP) is 1.72. The molecule has 2 rings (SSSR count). The van der Waals surface area contributed by atoms with Crippen LogP contribution in [-0.4, -0.2) is 31.9 Å². The number of carbonyl (C=O) groups excluding carboxylic acids is 1. The van der Waals surface area contributed by atoms with Crippen molar-refractivity contribution in [1.29, 1.82) is 0 Å². The first-order valence-corrected chi connectivity index (χ1v) is 5.83. The van der Waals surface area contributed by atoms with E-state index in [-0.39, 0.29) is 5.78 Å². The number of H-pyrrole nitrogens is 2. The maximum atomic E-state index is 11.9. The number of carbonyl (C=O) groups is 1. The lowest BCUT2D eigenvalue weighted by Crippen LogP contribution is -2.02. The van der Waals surface area contributed by atoms with E-state index in [0.29, 0.717) is 5.75 Å². The zero-order chi connectivity index (χ0) is 11.5. The normalized spacial score (nSPS) is 10.6. The van der Waals surface area contributed by atoms with Gasteiger partial charge in [-0.3, -0.25) is 4.79 Å². The fourth-order valence-electron chi connectivity index (χ4n) is 1.49. The number of thioether (sulfide) groups is 1. The van der Waals surface area contributed by atoms with Gasteiger partial charge < -0.3 is 4.98 Å². The van der Waals surface area contributed by atoms with E-state index in [1.165, 1.54) is 11.8 Å². The van der Waals surface area contributed by atoms with Crippen molar-refractivity contribution in [2.75, 3.05) is 5.75 Å². The molecule has 2 heterocycles. The molecule has 0 radical (unpaired) electrons. The number of aromatic amines is 2. The highest BCUT2D eigenvalue weighted by atomic mass is 32.2. The molecule has 0 unspecified atom stereocenters. The largest absolute Gasteiger partial charge is 0.362 e. The summed E-state index contributed by atoms with van der Waals surface area (Å²) < 4.78 is 0. The average molecular weight is 236 g/mol. The first-order valence-electron chi connectivity index (χ1n) is 4.85. The van der Waals surface area contributed by atoms with Gasteiger partial charge in [0, 0.05) is 17.0 Å². The van der Waals surface area contributed by atoms with Gasteiger partial charge in [0.2, 0.25) is 0 Å². The van der Waals surface area contributed by atoms with Crippen molar-refractivity contribution in [2.45, 2.75) is 18.9 Å². The highest BCUT2D eigenvalue weighted by molar-refractivity contribution is 7.99. The van der Waals surface area contributed by atoms with E-state index in [1.807, 2.05) is 19.9 Å². The quantitative estimate of drug-likeness (QED) is 0.626. The van der Waals surface area contributed by atoms with Crippen LogP contribution < -0.4 is 0 Å². The van der Waals surface area contributed by atoms with Gasteiger partial charge in [-0.15, -0.1) is 5.10 Å². The lowest BCUT2D eigenvalue weighted by molar-refractivity contribution is 0.102. The third kappa shape index (κ3) is 2.33. The van der Waals surface area contributed by atoms with Crippen LogP contribution in [0.3, 0.4) is 0 Å². The lowest BCUT2D eigenvalue weighted by Gasteiger charge is -1.97. The lowest BCUT2D eigenvalue weighted by atomic mass is 10.2. The predicted molar refractivity (Wildman–Crippen MR) is 61.7 cm³/mol. The zero-order valence-corrected chi connectivity index (χ0v) is 9.89. The third-order valence-corrected chi connectivity index (χ3v) is 3.09. The molecular formula is C10H12N4OS. The number of rotatable bonds is 4. The summed E-state index contributed by atoms with van der Waals surface area (Å²) in [5.74, 6) is 0.486. The van der Waals surface area contributed by atoms with Gasteiger partial charge in [0.15, 0.2) is 5.78 Å². The minimum atomic E-state index is 0.106. The second kappa shape index (κ2) is 4.52. The van der Waals surface area contributed by atoms with Gasteiger partial charge in [-0.25, -0.2) is 0 Å². The van der Waals surface area contributed by atoms with Gasteiger partial charge in [-0.05, 0) is 19.9 Å². The molecule has 0 aliphatic carbocycles. The maximum Gasteiger partial charge on any atom is 0.174 e. The van der Waals surface area contributed by atoms with Crippen molar-refractivity contribution in [3.05, 3.63) is 29.2 Å². The Bertz CT molecular complexity index is 489. The summed E-state index contributed by atoms with van der Waals surface area (Å²) in [7, 11) is 0. The molecule has 0 bridgehead atoms. The fourth-order valence-corrected chi connectivity index (χ4v) is 2.16. The fraction of sp³-hybridized carbons (Fsp3) is 0.300. The van der Waals surface area contributed by atoms with E-state index in [0.717, 1.165) is 22.0 Å². The Morgan fingerprint density at radius 2 is 2.31 bits per heavy atom. The minimum absolute atomic E-state index is 0.106. The van der Waals surface area contributed by atoms with Crippen molar-refractivity contribution < 1.29 is 4.79 Å². The molecule has 0 saturated heterocycles. The van der Waals surface area contributed by atoms with E-state index in [2.05, 4.69) is 20.4 Å². The number of hydrogen-bond acceptors (Lipinski definition) is 4. The van der Waals surface area contributed by atoms with Gasteiger partial charge in [0.25, 0.3) is 0 Å². The molecule has 0 saturated carbocycles. The molecule has 0 atom stereocenters. The average Bonchev–Trinajstić information content (AvgIpc) is 2.84. The Morgan fingerprint density at radius 1 is 1.50 bits per heavy atom. The Morgan fingerprint density at radius 3 is 2.88 bits per heavy atom. The molecule has 0 fully saturated rings. The highest BCUT2D eigenvalue weighted by Gasteiger charge is 2.12. The van der Waals surface area contributed by atoms with Crippen LogP contribution in [-0.2, 0) is 0 Å². The molecule has 2 N–H and O–H groups in total. The topological polar surface area (TPSA) is 74.4 Å². The van der Waals surface area contributed by atoms with Crippen LogP contribution in [0.25, 0.3) is 0 Å². The summed E-state index contributed by atoms with van der Waals surface area (Å²) in [6.07, 6.45) is 1.60. The molecule has 6 heteroatoms. The molecule has 5 nitrogen and oxygen atoms in total. The van der Waals surface area contributed by atoms with E-state index >= 15 is 0 Å². The Labute approximate surface area is 97.0 Å². The molecule has 84 valence electrons. The second-order valence-electron chi connectivity index (χ2n) is 3.51. The van der Waals surface area contributed by atoms with E-state index in [9.17, 15) is 4.79 Å². The molecule has 2 aromatic rings. The number of aromatic nitrogens is 4. The summed E-state index contributed by atoms with van der Waals surface area (Å²) >= 11 is 1.38.